The van der Waals surface area contributed by atoms with Gasteiger partial charge in [0.15, 0.2) is 5.69 Å². The van der Waals surface area contributed by atoms with Gasteiger partial charge in [0.05, 0.1) is 5.75 Å². The van der Waals surface area contributed by atoms with Gasteiger partial charge < -0.3 is 14.7 Å². The van der Waals surface area contributed by atoms with Crippen LogP contribution in [0.5, 0.6) is 0 Å². The lowest BCUT2D eigenvalue weighted by atomic mass is 9.99. The molecule has 1 aromatic rings. The van der Waals surface area contributed by atoms with Crippen LogP contribution >= 0.6 is 0 Å². The molecule has 1 aromatic heterocycles. The van der Waals surface area contributed by atoms with Crippen molar-refractivity contribution in [2.24, 2.45) is 5.92 Å². The third-order valence-corrected chi connectivity index (χ3v) is 9.89. The Hall–Kier alpha value is -1.45. The summed E-state index contributed by atoms with van der Waals surface area (Å²) >= 11 is 0. The van der Waals surface area contributed by atoms with E-state index in [2.05, 4.69) is 22.3 Å². The summed E-state index contributed by atoms with van der Waals surface area (Å²) in [5.41, 5.74) is 0.337. The van der Waals surface area contributed by atoms with E-state index in [0.29, 0.717) is 24.5 Å². The average Bonchev–Trinajstić information content (AvgIpc) is 3.41. The molecule has 2 bridgehead atoms. The van der Waals surface area contributed by atoms with Gasteiger partial charge in [0, 0.05) is 30.1 Å². The second kappa shape index (κ2) is 9.06. The summed E-state index contributed by atoms with van der Waals surface area (Å²) in [6.07, 6.45) is 8.45. The van der Waals surface area contributed by atoms with Crippen LogP contribution < -0.4 is 5.32 Å². The molecule has 9 heteroatoms. The van der Waals surface area contributed by atoms with E-state index in [-0.39, 0.29) is 35.7 Å². The summed E-state index contributed by atoms with van der Waals surface area (Å²) in [6, 6.07) is 1.75. The Bertz CT molecular complexity index is 906. The van der Waals surface area contributed by atoms with Gasteiger partial charge in [-0.1, -0.05) is 12.1 Å². The topological polar surface area (TPSA) is 95.8 Å². The number of nitrogens with zero attached hydrogens (tertiary/aromatic N) is 3. The number of likely N-dealkylation sites (tertiary alicyclic amines) is 1. The zero-order valence-electron chi connectivity index (χ0n) is 19.0. The fraction of sp³-hybridized carbons (Fsp3) is 0.826. The molecule has 8 nitrogen and oxygen atoms in total. The number of fused-ring (bicyclic) bond motifs is 2. The number of hydrogen-bond acceptors (Lipinski definition) is 6. The van der Waals surface area contributed by atoms with E-state index in [1.807, 2.05) is 4.31 Å². The van der Waals surface area contributed by atoms with Crippen LogP contribution in [-0.4, -0.2) is 72.2 Å². The minimum absolute atomic E-state index is 0.00330. The van der Waals surface area contributed by atoms with Crippen LogP contribution in [0.3, 0.4) is 0 Å². The van der Waals surface area contributed by atoms with Crippen molar-refractivity contribution in [1.82, 2.24) is 19.7 Å². The molecule has 0 unspecified atom stereocenters. The van der Waals surface area contributed by atoms with Gasteiger partial charge >= 0.3 is 0 Å². The first-order valence-corrected chi connectivity index (χ1v) is 14.0. The van der Waals surface area contributed by atoms with Crippen molar-refractivity contribution in [2.75, 3.05) is 25.4 Å². The highest BCUT2D eigenvalue weighted by atomic mass is 32.2. The lowest BCUT2D eigenvalue weighted by Crippen LogP contribution is -2.53. The van der Waals surface area contributed by atoms with Crippen molar-refractivity contribution in [3.05, 3.63) is 17.5 Å². The molecule has 4 aliphatic rings. The predicted octanol–water partition coefficient (Wildman–Crippen LogP) is 2.73. The zero-order valence-corrected chi connectivity index (χ0v) is 19.9. The van der Waals surface area contributed by atoms with Gasteiger partial charge in [0.2, 0.25) is 10.0 Å². The maximum atomic E-state index is 13.3. The molecule has 32 heavy (non-hydrogen) atoms. The first kappa shape index (κ1) is 22.3. The molecule has 1 saturated carbocycles. The SMILES string of the molecule is CCCN1CCC(CS(=O)(=O)N2[C@@H]3CC[C@H]2C[C@@H](NC(=O)c2cc(C4CC4)on2)C3)CC1. The number of carbonyl (C=O) groups is 1. The number of rotatable bonds is 8. The van der Waals surface area contributed by atoms with Crippen molar-refractivity contribution in [2.45, 2.75) is 88.8 Å². The quantitative estimate of drug-likeness (QED) is 0.636. The summed E-state index contributed by atoms with van der Waals surface area (Å²) < 4.78 is 33.8. The number of amides is 1. The minimum Gasteiger partial charge on any atom is -0.360 e. The second-order valence-electron chi connectivity index (χ2n) is 10.3. The van der Waals surface area contributed by atoms with Crippen LogP contribution in [0.2, 0.25) is 0 Å². The molecule has 1 aliphatic carbocycles. The van der Waals surface area contributed by atoms with Crippen molar-refractivity contribution >= 4 is 15.9 Å². The Morgan fingerprint density at radius 1 is 1.12 bits per heavy atom. The first-order chi connectivity index (χ1) is 15.4. The second-order valence-corrected chi connectivity index (χ2v) is 12.2. The Morgan fingerprint density at radius 2 is 1.81 bits per heavy atom. The maximum absolute atomic E-state index is 13.3. The molecule has 4 heterocycles. The molecule has 3 atom stereocenters. The normalized spacial score (nSPS) is 30.0. The molecule has 1 N–H and O–H groups in total. The van der Waals surface area contributed by atoms with E-state index < -0.39 is 10.0 Å². The Balaban J connectivity index is 1.16. The molecule has 178 valence electrons. The zero-order chi connectivity index (χ0) is 22.3. The molecule has 0 spiro atoms. The highest BCUT2D eigenvalue weighted by Crippen LogP contribution is 2.41. The number of carbonyl (C=O) groups excluding carboxylic acids is 1. The van der Waals surface area contributed by atoms with Gasteiger partial charge in [0.25, 0.3) is 5.91 Å². The fourth-order valence-corrected chi connectivity index (χ4v) is 8.39. The summed E-state index contributed by atoms with van der Waals surface area (Å²) in [7, 11) is -3.28. The summed E-state index contributed by atoms with van der Waals surface area (Å²) in [6.45, 7) is 5.33. The molecular formula is C23H36N4O4S. The number of sulfonamides is 1. The van der Waals surface area contributed by atoms with Gasteiger partial charge in [-0.15, -0.1) is 0 Å². The average molecular weight is 465 g/mol. The summed E-state index contributed by atoms with van der Waals surface area (Å²) in [5, 5.41) is 7.03. The van der Waals surface area contributed by atoms with E-state index in [4.69, 9.17) is 4.52 Å². The molecular weight excluding hydrogens is 428 g/mol. The lowest BCUT2D eigenvalue weighted by molar-refractivity contribution is 0.0900. The molecule has 1 amide bonds. The highest BCUT2D eigenvalue weighted by Gasteiger charge is 2.47. The maximum Gasteiger partial charge on any atom is 0.273 e. The summed E-state index contributed by atoms with van der Waals surface area (Å²) in [4.78, 5) is 15.1. The lowest BCUT2D eigenvalue weighted by Gasteiger charge is -2.39. The molecule has 0 radical (unpaired) electrons. The van der Waals surface area contributed by atoms with Crippen molar-refractivity contribution in [3.63, 3.8) is 0 Å². The molecule has 3 aliphatic heterocycles. The van der Waals surface area contributed by atoms with Gasteiger partial charge in [-0.25, -0.2) is 8.42 Å². The van der Waals surface area contributed by atoms with Crippen LogP contribution in [0.1, 0.15) is 86.9 Å². The van der Waals surface area contributed by atoms with E-state index in [1.54, 1.807) is 6.07 Å². The van der Waals surface area contributed by atoms with Crippen LogP contribution in [0.15, 0.2) is 10.6 Å². The summed E-state index contributed by atoms with van der Waals surface area (Å²) in [5.74, 6) is 1.56. The van der Waals surface area contributed by atoms with Crippen LogP contribution in [0, 0.1) is 5.92 Å². The minimum atomic E-state index is -3.28. The van der Waals surface area contributed by atoms with Gasteiger partial charge in [-0.3, -0.25) is 4.79 Å². The van der Waals surface area contributed by atoms with Crippen molar-refractivity contribution in [3.8, 4) is 0 Å². The Labute approximate surface area is 191 Å². The molecule has 3 saturated heterocycles. The fourth-order valence-electron chi connectivity index (χ4n) is 6.00. The molecule has 4 fully saturated rings. The van der Waals surface area contributed by atoms with Gasteiger partial charge in [-0.05, 0) is 83.3 Å². The van der Waals surface area contributed by atoms with E-state index >= 15 is 0 Å². The van der Waals surface area contributed by atoms with E-state index in [9.17, 15) is 13.2 Å². The van der Waals surface area contributed by atoms with E-state index in [0.717, 1.165) is 70.3 Å². The number of piperidine rings is 2. The Morgan fingerprint density at radius 3 is 2.44 bits per heavy atom. The molecule has 5 rings (SSSR count). The third-order valence-electron chi connectivity index (χ3n) is 7.76. The van der Waals surface area contributed by atoms with Gasteiger partial charge in [0.1, 0.15) is 5.76 Å². The largest absolute Gasteiger partial charge is 0.360 e. The number of hydrogen-bond donors (Lipinski definition) is 1. The predicted molar refractivity (Wildman–Crippen MR) is 121 cm³/mol. The number of nitrogens with one attached hydrogen (secondary N) is 1. The van der Waals surface area contributed by atoms with Crippen molar-refractivity contribution < 1.29 is 17.7 Å². The number of aromatic nitrogens is 1. The highest BCUT2D eigenvalue weighted by molar-refractivity contribution is 7.89. The van der Waals surface area contributed by atoms with E-state index in [1.165, 1.54) is 0 Å². The molecule has 0 aromatic carbocycles. The van der Waals surface area contributed by atoms with Crippen molar-refractivity contribution in [1.29, 1.82) is 0 Å². The van der Waals surface area contributed by atoms with Crippen LogP contribution in [0.4, 0.5) is 0 Å². The van der Waals surface area contributed by atoms with Crippen LogP contribution in [-0.2, 0) is 10.0 Å². The van der Waals surface area contributed by atoms with Crippen LogP contribution in [0.25, 0.3) is 0 Å². The van der Waals surface area contributed by atoms with Gasteiger partial charge in [-0.2, -0.15) is 4.31 Å². The smallest absolute Gasteiger partial charge is 0.273 e. The third kappa shape index (κ3) is 4.75. The monoisotopic (exact) mass is 464 g/mol. The standard InChI is InChI=1S/C23H36N4O4S/c1-2-9-26-10-7-16(8-11-26)15-32(29,30)27-19-5-6-20(27)13-18(12-19)24-23(28)21-14-22(31-25-21)17-3-4-17/h14,16-20H,2-13,15H2,1H3,(H,24,28)/t18-,19+,20-. The first-order valence-electron chi connectivity index (χ1n) is 12.4. The Kier molecular flexibility index (Phi) is 6.33.